The van der Waals surface area contributed by atoms with E-state index in [4.69, 9.17) is 11.8 Å². The number of nitriles is 1. The van der Waals surface area contributed by atoms with Crippen LogP contribution in [0.4, 0.5) is 5.69 Å². The predicted molar refractivity (Wildman–Crippen MR) is 64.4 cm³/mol. The summed E-state index contributed by atoms with van der Waals surface area (Å²) in [5.74, 6) is 0. The van der Waals surface area contributed by atoms with Crippen LogP contribution in [0.15, 0.2) is 24.3 Å². The van der Waals surface area contributed by atoms with E-state index in [1.807, 2.05) is 38.1 Å². The van der Waals surface area contributed by atoms with Crippen molar-refractivity contribution < 1.29 is 0 Å². The van der Waals surface area contributed by atoms with Crippen LogP contribution in [0.2, 0.25) is 0 Å². The lowest BCUT2D eigenvalue weighted by Crippen LogP contribution is -1.86. The van der Waals surface area contributed by atoms with Crippen molar-refractivity contribution in [2.45, 2.75) is 13.8 Å². The maximum Gasteiger partial charge on any atom is 0.197 e. The van der Waals surface area contributed by atoms with E-state index in [9.17, 15) is 0 Å². The molecule has 0 atom stereocenters. The Morgan fingerprint density at radius 2 is 1.69 bits per heavy atom. The fraction of sp³-hybridized carbons (Fsp3) is 0.143. The van der Waals surface area contributed by atoms with Gasteiger partial charge in [-0.25, -0.2) is 4.85 Å². The first kappa shape index (κ1) is 10.2. The second-order valence-electron chi connectivity index (χ2n) is 3.81. The van der Waals surface area contributed by atoms with Crippen LogP contribution in [-0.4, -0.2) is 0 Å². The molecule has 0 radical (unpaired) electrons. The van der Waals surface area contributed by atoms with Crippen molar-refractivity contribution >= 4 is 16.5 Å². The molecule has 0 saturated heterocycles. The highest BCUT2D eigenvalue weighted by molar-refractivity contribution is 5.99. The van der Waals surface area contributed by atoms with Gasteiger partial charge in [-0.2, -0.15) is 5.26 Å². The van der Waals surface area contributed by atoms with Crippen molar-refractivity contribution in [3.05, 3.63) is 52.4 Å². The molecule has 76 valence electrons. The molecule has 0 bridgehead atoms. The molecule has 0 fully saturated rings. The Labute approximate surface area is 94.6 Å². The van der Waals surface area contributed by atoms with E-state index in [-0.39, 0.29) is 0 Å². The molecule has 2 nitrogen and oxygen atoms in total. The van der Waals surface area contributed by atoms with Gasteiger partial charge in [0.05, 0.1) is 18.2 Å². The Kier molecular flexibility index (Phi) is 2.35. The molecule has 0 saturated carbocycles. The Morgan fingerprint density at radius 1 is 1.06 bits per heavy atom. The van der Waals surface area contributed by atoms with Crippen LogP contribution in [0.3, 0.4) is 0 Å². The van der Waals surface area contributed by atoms with Gasteiger partial charge in [0.25, 0.3) is 0 Å². The average molecular weight is 206 g/mol. The summed E-state index contributed by atoms with van der Waals surface area (Å²) in [5, 5.41) is 10.9. The molecule has 0 spiro atoms. The molecule has 16 heavy (non-hydrogen) atoms. The smallest absolute Gasteiger partial charge is 0.197 e. The number of benzene rings is 2. The van der Waals surface area contributed by atoms with E-state index in [0.29, 0.717) is 11.3 Å². The lowest BCUT2D eigenvalue weighted by molar-refractivity contribution is 1.42. The van der Waals surface area contributed by atoms with E-state index in [1.165, 1.54) is 0 Å². The highest BCUT2D eigenvalue weighted by atomic mass is 14.6. The molecule has 0 amide bonds. The maximum atomic E-state index is 9.12. The zero-order valence-corrected chi connectivity index (χ0v) is 9.20. The highest BCUT2D eigenvalue weighted by Crippen LogP contribution is 2.32. The molecule has 0 aromatic heterocycles. The third-order valence-corrected chi connectivity index (χ3v) is 2.81. The third-order valence-electron chi connectivity index (χ3n) is 2.81. The van der Waals surface area contributed by atoms with E-state index < -0.39 is 0 Å². The van der Waals surface area contributed by atoms with Gasteiger partial charge in [0.2, 0.25) is 0 Å². The van der Waals surface area contributed by atoms with Gasteiger partial charge in [0.1, 0.15) is 0 Å². The number of rotatable bonds is 0. The molecular formula is C14H10N2. The van der Waals surface area contributed by atoms with Gasteiger partial charge in [-0.3, -0.25) is 0 Å². The van der Waals surface area contributed by atoms with Crippen molar-refractivity contribution in [3.63, 3.8) is 0 Å². The Balaban J connectivity index is 3.01. The molecule has 0 aliphatic rings. The summed E-state index contributed by atoms with van der Waals surface area (Å²) in [6.45, 7) is 11.0. The minimum Gasteiger partial charge on any atom is -0.237 e. The maximum absolute atomic E-state index is 9.12. The van der Waals surface area contributed by atoms with Gasteiger partial charge in [-0.1, -0.05) is 24.3 Å². The summed E-state index contributed by atoms with van der Waals surface area (Å²) in [6, 6.07) is 9.85. The van der Waals surface area contributed by atoms with Crippen LogP contribution < -0.4 is 0 Å². The topological polar surface area (TPSA) is 28.1 Å². The number of hydrogen-bond donors (Lipinski definition) is 0. The standard InChI is InChI=1S/C14H10N2/c1-9-4-7-12-11(13(9)8-15)6-5-10(2)14(12)16-3/h4-7H,1-2H3. The highest BCUT2D eigenvalue weighted by Gasteiger charge is 2.09. The van der Waals surface area contributed by atoms with Crippen LogP contribution >= 0.6 is 0 Å². The molecule has 0 aliphatic carbocycles. The lowest BCUT2D eigenvalue weighted by atomic mass is 9.97. The lowest BCUT2D eigenvalue weighted by Gasteiger charge is -2.07. The molecule has 2 aromatic rings. The first-order valence-corrected chi connectivity index (χ1v) is 4.99. The second kappa shape index (κ2) is 3.68. The molecule has 0 N–H and O–H groups in total. The molecule has 0 aliphatic heterocycles. The molecule has 0 heterocycles. The van der Waals surface area contributed by atoms with Crippen molar-refractivity contribution in [1.29, 1.82) is 5.26 Å². The van der Waals surface area contributed by atoms with Gasteiger partial charge in [0.15, 0.2) is 5.69 Å². The number of hydrogen-bond acceptors (Lipinski definition) is 1. The fourth-order valence-corrected chi connectivity index (χ4v) is 1.90. The average Bonchev–Trinajstić information content (AvgIpc) is 2.29. The van der Waals surface area contributed by atoms with Crippen LogP contribution in [0.25, 0.3) is 15.6 Å². The zero-order valence-electron chi connectivity index (χ0n) is 9.20. The Morgan fingerprint density at radius 3 is 2.31 bits per heavy atom. The summed E-state index contributed by atoms with van der Waals surface area (Å²) in [4.78, 5) is 3.54. The number of fused-ring (bicyclic) bond motifs is 1. The summed E-state index contributed by atoms with van der Waals surface area (Å²) >= 11 is 0. The first-order chi connectivity index (χ1) is 7.69. The van der Waals surface area contributed by atoms with Crippen LogP contribution in [0.1, 0.15) is 16.7 Å². The minimum absolute atomic E-state index is 0.647. The number of aryl methyl sites for hydroxylation is 2. The van der Waals surface area contributed by atoms with E-state index in [2.05, 4.69) is 10.9 Å². The van der Waals surface area contributed by atoms with Gasteiger partial charge in [-0.15, -0.1) is 0 Å². The van der Waals surface area contributed by atoms with Crippen molar-refractivity contribution in [3.8, 4) is 6.07 Å². The quantitative estimate of drug-likeness (QED) is 0.601. The van der Waals surface area contributed by atoms with Crippen LogP contribution in [0, 0.1) is 31.8 Å². The molecule has 2 aromatic carbocycles. The summed E-state index contributed by atoms with van der Waals surface area (Å²) < 4.78 is 0. The van der Waals surface area contributed by atoms with Crippen molar-refractivity contribution in [2.75, 3.05) is 0 Å². The van der Waals surface area contributed by atoms with Gasteiger partial charge in [0, 0.05) is 0 Å². The Hall–Kier alpha value is -2.32. The van der Waals surface area contributed by atoms with Gasteiger partial charge < -0.3 is 0 Å². The molecule has 0 unspecified atom stereocenters. The van der Waals surface area contributed by atoms with Crippen LogP contribution in [-0.2, 0) is 0 Å². The van der Waals surface area contributed by atoms with Crippen LogP contribution in [0.5, 0.6) is 0 Å². The van der Waals surface area contributed by atoms with E-state index in [0.717, 1.165) is 21.9 Å². The summed E-state index contributed by atoms with van der Waals surface area (Å²) in [7, 11) is 0. The number of nitrogens with zero attached hydrogens (tertiary/aromatic N) is 2. The predicted octanol–water partition coefficient (Wildman–Crippen LogP) is 3.88. The monoisotopic (exact) mass is 206 g/mol. The van der Waals surface area contributed by atoms with Gasteiger partial charge >= 0.3 is 0 Å². The Bertz CT molecular complexity index is 596. The van der Waals surface area contributed by atoms with Crippen molar-refractivity contribution in [2.24, 2.45) is 0 Å². The normalized spacial score (nSPS) is 9.75. The van der Waals surface area contributed by atoms with E-state index >= 15 is 0 Å². The van der Waals surface area contributed by atoms with E-state index in [1.54, 1.807) is 0 Å². The summed E-state index contributed by atoms with van der Waals surface area (Å²) in [5.41, 5.74) is 3.22. The first-order valence-electron chi connectivity index (χ1n) is 4.99. The fourth-order valence-electron chi connectivity index (χ4n) is 1.90. The third kappa shape index (κ3) is 1.33. The minimum atomic E-state index is 0.647. The largest absolute Gasteiger partial charge is 0.237 e. The SMILES string of the molecule is [C-]#[N+]c1c(C)ccc2c(C#N)c(C)ccc12. The molecule has 2 heteroatoms. The molecule has 2 rings (SSSR count). The zero-order chi connectivity index (χ0) is 11.7. The summed E-state index contributed by atoms with van der Waals surface area (Å²) in [6.07, 6.45) is 0. The van der Waals surface area contributed by atoms with Gasteiger partial charge in [-0.05, 0) is 35.7 Å². The second-order valence-corrected chi connectivity index (χ2v) is 3.81. The van der Waals surface area contributed by atoms with Crippen molar-refractivity contribution in [1.82, 2.24) is 0 Å². The molecular weight excluding hydrogens is 196 g/mol.